The van der Waals surface area contributed by atoms with Gasteiger partial charge in [-0.1, -0.05) is 22.8 Å². The molecule has 0 saturated heterocycles. The third-order valence-electron chi connectivity index (χ3n) is 3.65. The number of rotatable bonds is 6. The molecule has 0 spiro atoms. The lowest BCUT2D eigenvalue weighted by Crippen LogP contribution is -2.23. The van der Waals surface area contributed by atoms with E-state index in [2.05, 4.69) is 20.4 Å². The van der Waals surface area contributed by atoms with Gasteiger partial charge in [0.05, 0.1) is 12.7 Å². The Labute approximate surface area is 159 Å². The maximum Gasteiger partial charge on any atom is 0.337 e. The normalized spacial score (nSPS) is 10.4. The SMILES string of the molecule is COC(=O)c1ccc(Cl)c(Cc2noc(C(=O)NCc3cccnc3)n2)c1. The molecule has 0 unspecified atom stereocenters. The summed E-state index contributed by atoms with van der Waals surface area (Å²) in [6, 6.07) is 8.35. The molecular formula is C18H15ClN4O4. The summed E-state index contributed by atoms with van der Waals surface area (Å²) in [5.41, 5.74) is 1.81. The van der Waals surface area contributed by atoms with E-state index in [0.29, 0.717) is 16.1 Å². The largest absolute Gasteiger partial charge is 0.465 e. The molecule has 3 rings (SSSR count). The number of methoxy groups -OCH3 is 1. The van der Waals surface area contributed by atoms with Crippen LogP contribution in [0.5, 0.6) is 0 Å². The Balaban J connectivity index is 1.67. The number of carbonyl (C=O) groups is 2. The predicted molar refractivity (Wildman–Crippen MR) is 95.3 cm³/mol. The minimum Gasteiger partial charge on any atom is -0.465 e. The van der Waals surface area contributed by atoms with Gasteiger partial charge in [0.15, 0.2) is 5.82 Å². The van der Waals surface area contributed by atoms with Crippen LogP contribution in [0.4, 0.5) is 0 Å². The highest BCUT2D eigenvalue weighted by Crippen LogP contribution is 2.20. The zero-order valence-corrected chi connectivity index (χ0v) is 15.1. The van der Waals surface area contributed by atoms with Crippen LogP contribution in [0, 0.1) is 0 Å². The quantitative estimate of drug-likeness (QED) is 0.648. The van der Waals surface area contributed by atoms with Gasteiger partial charge in [0.25, 0.3) is 0 Å². The molecule has 8 nitrogen and oxygen atoms in total. The summed E-state index contributed by atoms with van der Waals surface area (Å²) in [6.45, 7) is 0.289. The van der Waals surface area contributed by atoms with E-state index in [1.54, 1.807) is 36.7 Å². The van der Waals surface area contributed by atoms with E-state index >= 15 is 0 Å². The fourth-order valence-electron chi connectivity index (χ4n) is 2.30. The molecular weight excluding hydrogens is 372 g/mol. The Bertz CT molecular complexity index is 959. The monoisotopic (exact) mass is 386 g/mol. The Kier molecular flexibility index (Phi) is 5.77. The van der Waals surface area contributed by atoms with Crippen molar-refractivity contribution in [3.63, 3.8) is 0 Å². The fourth-order valence-corrected chi connectivity index (χ4v) is 2.49. The summed E-state index contributed by atoms with van der Waals surface area (Å²) >= 11 is 6.16. The van der Waals surface area contributed by atoms with Crippen LogP contribution >= 0.6 is 11.6 Å². The highest BCUT2D eigenvalue weighted by Gasteiger charge is 2.17. The van der Waals surface area contributed by atoms with Crippen LogP contribution in [0.2, 0.25) is 5.02 Å². The van der Waals surface area contributed by atoms with Gasteiger partial charge in [0.2, 0.25) is 0 Å². The molecule has 0 aliphatic carbocycles. The molecule has 0 aliphatic heterocycles. The Morgan fingerprint density at radius 2 is 2.15 bits per heavy atom. The molecule has 0 bridgehead atoms. The van der Waals surface area contributed by atoms with E-state index < -0.39 is 11.9 Å². The molecule has 0 saturated carbocycles. The molecule has 0 atom stereocenters. The zero-order valence-electron chi connectivity index (χ0n) is 14.3. The number of pyridine rings is 1. The molecule has 2 heterocycles. The van der Waals surface area contributed by atoms with Crippen molar-refractivity contribution in [2.75, 3.05) is 7.11 Å². The minimum atomic E-state index is -0.494. The topological polar surface area (TPSA) is 107 Å². The van der Waals surface area contributed by atoms with Gasteiger partial charge in [0.1, 0.15) is 0 Å². The molecule has 2 aromatic heterocycles. The first-order chi connectivity index (χ1) is 13.1. The fraction of sp³-hybridized carbons (Fsp3) is 0.167. The number of aromatic nitrogens is 3. The molecule has 3 aromatic rings. The second-order valence-corrected chi connectivity index (χ2v) is 5.94. The lowest BCUT2D eigenvalue weighted by Gasteiger charge is -2.04. The summed E-state index contributed by atoms with van der Waals surface area (Å²) in [4.78, 5) is 31.8. The van der Waals surface area contributed by atoms with Crippen molar-refractivity contribution in [2.24, 2.45) is 0 Å². The molecule has 0 fully saturated rings. The van der Waals surface area contributed by atoms with Gasteiger partial charge in [-0.3, -0.25) is 9.78 Å². The first-order valence-electron chi connectivity index (χ1n) is 7.93. The average Bonchev–Trinajstić information content (AvgIpc) is 3.16. The number of amides is 1. The summed E-state index contributed by atoms with van der Waals surface area (Å²) in [7, 11) is 1.30. The number of carbonyl (C=O) groups excluding carboxylic acids is 2. The number of nitrogens with one attached hydrogen (secondary N) is 1. The maximum atomic E-state index is 12.1. The van der Waals surface area contributed by atoms with E-state index in [4.69, 9.17) is 20.9 Å². The smallest absolute Gasteiger partial charge is 0.337 e. The molecule has 1 amide bonds. The van der Waals surface area contributed by atoms with Crippen molar-refractivity contribution in [3.8, 4) is 0 Å². The van der Waals surface area contributed by atoms with Gasteiger partial charge in [-0.25, -0.2) is 4.79 Å². The molecule has 0 aliphatic rings. The second-order valence-electron chi connectivity index (χ2n) is 5.53. The van der Waals surface area contributed by atoms with Gasteiger partial charge in [-0.05, 0) is 35.4 Å². The predicted octanol–water partition coefficient (Wildman–Crippen LogP) is 2.43. The molecule has 9 heteroatoms. The van der Waals surface area contributed by atoms with Gasteiger partial charge in [-0.15, -0.1) is 0 Å². The molecule has 1 aromatic carbocycles. The van der Waals surface area contributed by atoms with Crippen LogP contribution in [0.15, 0.2) is 47.2 Å². The lowest BCUT2D eigenvalue weighted by atomic mass is 10.1. The highest BCUT2D eigenvalue weighted by atomic mass is 35.5. The number of hydrogen-bond donors (Lipinski definition) is 1. The van der Waals surface area contributed by atoms with Crippen molar-refractivity contribution in [1.29, 1.82) is 0 Å². The third kappa shape index (κ3) is 4.68. The van der Waals surface area contributed by atoms with Crippen LogP contribution < -0.4 is 5.32 Å². The molecule has 0 radical (unpaired) electrons. The summed E-state index contributed by atoms with van der Waals surface area (Å²) in [5.74, 6) is -0.858. The van der Waals surface area contributed by atoms with Gasteiger partial charge < -0.3 is 14.6 Å². The highest BCUT2D eigenvalue weighted by molar-refractivity contribution is 6.31. The molecule has 138 valence electrons. The number of nitrogens with zero attached hydrogens (tertiary/aromatic N) is 3. The van der Waals surface area contributed by atoms with E-state index in [-0.39, 0.29) is 24.7 Å². The first-order valence-corrected chi connectivity index (χ1v) is 8.31. The van der Waals surface area contributed by atoms with Gasteiger partial charge >= 0.3 is 17.8 Å². The number of halogens is 1. The van der Waals surface area contributed by atoms with E-state index in [0.717, 1.165) is 5.56 Å². The number of ether oxygens (including phenoxy) is 1. The van der Waals surface area contributed by atoms with Crippen molar-refractivity contribution >= 4 is 23.5 Å². The van der Waals surface area contributed by atoms with Crippen LogP contribution in [-0.2, 0) is 17.7 Å². The first kappa shape index (κ1) is 18.5. The minimum absolute atomic E-state index is 0.158. The summed E-state index contributed by atoms with van der Waals surface area (Å²) in [5, 5.41) is 6.90. The second kappa shape index (κ2) is 8.41. The van der Waals surface area contributed by atoms with Gasteiger partial charge in [-0.2, -0.15) is 4.98 Å². The maximum absolute atomic E-state index is 12.1. The lowest BCUT2D eigenvalue weighted by molar-refractivity contribution is 0.0600. The zero-order chi connectivity index (χ0) is 19.2. The third-order valence-corrected chi connectivity index (χ3v) is 4.02. The van der Waals surface area contributed by atoms with Crippen LogP contribution in [0.25, 0.3) is 0 Å². The summed E-state index contributed by atoms with van der Waals surface area (Å²) in [6.07, 6.45) is 3.49. The van der Waals surface area contributed by atoms with Gasteiger partial charge in [0, 0.05) is 30.4 Å². The molecule has 1 N–H and O–H groups in total. The number of benzene rings is 1. The Morgan fingerprint density at radius 3 is 2.89 bits per heavy atom. The van der Waals surface area contributed by atoms with Crippen LogP contribution in [0.3, 0.4) is 0 Å². The number of esters is 1. The standard InChI is InChI=1S/C18H15ClN4O4/c1-26-18(25)12-4-5-14(19)13(7-12)8-15-22-17(27-23-15)16(24)21-10-11-3-2-6-20-9-11/h2-7,9H,8,10H2,1H3,(H,21,24). The Hall–Kier alpha value is -3.26. The van der Waals surface area contributed by atoms with Crippen molar-refractivity contribution in [3.05, 3.63) is 76.2 Å². The van der Waals surface area contributed by atoms with E-state index in [1.165, 1.54) is 7.11 Å². The summed E-state index contributed by atoms with van der Waals surface area (Å²) < 4.78 is 9.69. The van der Waals surface area contributed by atoms with Crippen molar-refractivity contribution in [2.45, 2.75) is 13.0 Å². The number of hydrogen-bond acceptors (Lipinski definition) is 7. The van der Waals surface area contributed by atoms with Crippen molar-refractivity contribution in [1.82, 2.24) is 20.4 Å². The Morgan fingerprint density at radius 1 is 1.30 bits per heavy atom. The molecule has 27 heavy (non-hydrogen) atoms. The van der Waals surface area contributed by atoms with Crippen LogP contribution in [-0.4, -0.2) is 34.1 Å². The van der Waals surface area contributed by atoms with Crippen molar-refractivity contribution < 1.29 is 18.8 Å². The van der Waals surface area contributed by atoms with E-state index in [9.17, 15) is 9.59 Å². The van der Waals surface area contributed by atoms with Crippen LogP contribution in [0.1, 0.15) is 38.0 Å². The average molecular weight is 387 g/mol. The van der Waals surface area contributed by atoms with E-state index in [1.807, 2.05) is 6.07 Å².